The van der Waals surface area contributed by atoms with Crippen molar-refractivity contribution in [2.75, 3.05) is 7.05 Å². The number of likely N-dealkylation sites (N-methyl/N-ethyl adjacent to an activating group) is 1. The molecule has 1 aromatic carbocycles. The van der Waals surface area contributed by atoms with Gasteiger partial charge in [-0.1, -0.05) is 6.07 Å². The van der Waals surface area contributed by atoms with E-state index in [9.17, 15) is 18.4 Å². The van der Waals surface area contributed by atoms with E-state index < -0.39 is 29.5 Å². The largest absolute Gasteiger partial charge is 0.357 e. The van der Waals surface area contributed by atoms with E-state index in [1.165, 1.54) is 24.5 Å². The molecule has 0 aliphatic carbocycles. The fourth-order valence-corrected chi connectivity index (χ4v) is 2.77. The van der Waals surface area contributed by atoms with E-state index in [0.717, 1.165) is 17.7 Å². The lowest BCUT2D eigenvalue weighted by Gasteiger charge is -2.17. The van der Waals surface area contributed by atoms with E-state index >= 15 is 0 Å². The summed E-state index contributed by atoms with van der Waals surface area (Å²) in [5.74, 6) is -3.05. The summed E-state index contributed by atoms with van der Waals surface area (Å²) in [5, 5.41) is 6.70. The van der Waals surface area contributed by atoms with Gasteiger partial charge >= 0.3 is 0 Å². The third-order valence-electron chi connectivity index (χ3n) is 3.13. The van der Waals surface area contributed by atoms with Gasteiger partial charge in [0.15, 0.2) is 11.6 Å². The molecule has 22 heavy (non-hydrogen) atoms. The second-order valence-electron chi connectivity index (χ2n) is 4.63. The maximum Gasteiger partial charge on any atom is 0.262 e. The first kappa shape index (κ1) is 16.1. The summed E-state index contributed by atoms with van der Waals surface area (Å²) in [4.78, 5) is 24.7. The molecule has 2 N–H and O–H groups in total. The molecule has 0 aliphatic heterocycles. The van der Waals surface area contributed by atoms with Crippen molar-refractivity contribution in [3.8, 4) is 0 Å². The number of thiophene rings is 1. The van der Waals surface area contributed by atoms with E-state index in [-0.39, 0.29) is 5.56 Å². The summed E-state index contributed by atoms with van der Waals surface area (Å²) in [7, 11) is 1.40. The minimum Gasteiger partial charge on any atom is -0.357 e. The van der Waals surface area contributed by atoms with Crippen molar-refractivity contribution >= 4 is 23.2 Å². The Kier molecular flexibility index (Phi) is 4.87. The quantitative estimate of drug-likeness (QED) is 0.908. The number of amides is 2. The summed E-state index contributed by atoms with van der Waals surface area (Å²) in [6.07, 6.45) is 0. The van der Waals surface area contributed by atoms with Crippen molar-refractivity contribution in [3.63, 3.8) is 0 Å². The van der Waals surface area contributed by atoms with Crippen LogP contribution in [-0.4, -0.2) is 18.9 Å². The molecule has 1 unspecified atom stereocenters. The zero-order valence-corrected chi connectivity index (χ0v) is 12.8. The van der Waals surface area contributed by atoms with Gasteiger partial charge in [0.2, 0.25) is 5.91 Å². The van der Waals surface area contributed by atoms with Crippen molar-refractivity contribution in [1.82, 2.24) is 10.6 Å². The van der Waals surface area contributed by atoms with Gasteiger partial charge in [0.1, 0.15) is 6.04 Å². The fourth-order valence-electron chi connectivity index (χ4n) is 1.94. The van der Waals surface area contributed by atoms with Crippen molar-refractivity contribution < 1.29 is 18.4 Å². The molecule has 2 rings (SSSR count). The lowest BCUT2D eigenvalue weighted by molar-refractivity contribution is -0.122. The average Bonchev–Trinajstić information content (AvgIpc) is 2.93. The number of hydrogen-bond acceptors (Lipinski definition) is 3. The van der Waals surface area contributed by atoms with Crippen LogP contribution in [0, 0.1) is 18.6 Å². The summed E-state index contributed by atoms with van der Waals surface area (Å²) in [6, 6.07) is 3.76. The van der Waals surface area contributed by atoms with Crippen LogP contribution in [0.5, 0.6) is 0 Å². The summed E-state index contributed by atoms with van der Waals surface area (Å²) in [5.41, 5.74) is 0.948. The highest BCUT2D eigenvalue weighted by Gasteiger charge is 2.24. The van der Waals surface area contributed by atoms with Gasteiger partial charge in [-0.2, -0.15) is 0 Å². The highest BCUT2D eigenvalue weighted by atomic mass is 32.1. The van der Waals surface area contributed by atoms with E-state index in [1.54, 1.807) is 18.4 Å². The molecule has 1 atom stereocenters. The average molecular weight is 324 g/mol. The predicted octanol–water partition coefficient (Wildman–Crippen LogP) is 2.55. The second kappa shape index (κ2) is 6.65. The molecule has 0 bridgehead atoms. The van der Waals surface area contributed by atoms with Gasteiger partial charge in [-0.15, -0.1) is 11.3 Å². The van der Waals surface area contributed by atoms with Gasteiger partial charge in [-0.3, -0.25) is 9.59 Å². The molecule has 0 fully saturated rings. The SMILES string of the molecule is CNC(=O)C(NC(=O)c1sccc1C)c1ccc(F)c(F)c1. The molecule has 0 aliphatic rings. The number of nitrogens with one attached hydrogen (secondary N) is 2. The van der Waals surface area contributed by atoms with Crippen LogP contribution in [0.3, 0.4) is 0 Å². The molecule has 4 nitrogen and oxygen atoms in total. The zero-order chi connectivity index (χ0) is 16.3. The normalized spacial score (nSPS) is 11.8. The van der Waals surface area contributed by atoms with E-state index in [2.05, 4.69) is 10.6 Å². The first-order chi connectivity index (χ1) is 10.4. The highest BCUT2D eigenvalue weighted by molar-refractivity contribution is 7.12. The molecule has 0 saturated carbocycles. The van der Waals surface area contributed by atoms with Crippen molar-refractivity contribution in [2.45, 2.75) is 13.0 Å². The Bertz CT molecular complexity index is 715. The molecule has 116 valence electrons. The third kappa shape index (κ3) is 3.30. The Balaban J connectivity index is 2.31. The Morgan fingerprint density at radius 1 is 1.18 bits per heavy atom. The number of carbonyl (C=O) groups excluding carboxylic acids is 2. The van der Waals surface area contributed by atoms with Crippen LogP contribution < -0.4 is 10.6 Å². The van der Waals surface area contributed by atoms with Crippen molar-refractivity contribution in [2.24, 2.45) is 0 Å². The molecular weight excluding hydrogens is 310 g/mol. The second-order valence-corrected chi connectivity index (χ2v) is 5.54. The summed E-state index contributed by atoms with van der Waals surface area (Å²) >= 11 is 1.24. The maximum atomic E-state index is 13.4. The first-order valence-electron chi connectivity index (χ1n) is 6.45. The van der Waals surface area contributed by atoms with Gasteiger partial charge in [0, 0.05) is 7.05 Å². The number of aryl methyl sites for hydroxylation is 1. The highest BCUT2D eigenvalue weighted by Crippen LogP contribution is 2.20. The summed E-state index contributed by atoms with van der Waals surface area (Å²) < 4.78 is 26.4. The fraction of sp³-hybridized carbons (Fsp3) is 0.200. The van der Waals surface area contributed by atoms with Crippen LogP contribution in [-0.2, 0) is 4.79 Å². The molecule has 0 spiro atoms. The van der Waals surface area contributed by atoms with E-state index in [0.29, 0.717) is 4.88 Å². The van der Waals surface area contributed by atoms with Crippen LogP contribution in [0.25, 0.3) is 0 Å². The predicted molar refractivity (Wildman–Crippen MR) is 79.7 cm³/mol. The lowest BCUT2D eigenvalue weighted by Crippen LogP contribution is -2.39. The van der Waals surface area contributed by atoms with E-state index in [4.69, 9.17) is 0 Å². The summed E-state index contributed by atoms with van der Waals surface area (Å²) in [6.45, 7) is 1.78. The van der Waals surface area contributed by atoms with Gasteiger partial charge in [-0.05, 0) is 41.6 Å². The van der Waals surface area contributed by atoms with Crippen molar-refractivity contribution in [1.29, 1.82) is 0 Å². The molecule has 0 radical (unpaired) electrons. The monoisotopic (exact) mass is 324 g/mol. The molecule has 7 heteroatoms. The van der Waals surface area contributed by atoms with Crippen molar-refractivity contribution in [3.05, 3.63) is 57.3 Å². The molecule has 0 saturated heterocycles. The van der Waals surface area contributed by atoms with Gasteiger partial charge in [0.05, 0.1) is 4.88 Å². The number of rotatable bonds is 4. The third-order valence-corrected chi connectivity index (χ3v) is 4.14. The van der Waals surface area contributed by atoms with Gasteiger partial charge in [-0.25, -0.2) is 8.78 Å². The van der Waals surface area contributed by atoms with Gasteiger partial charge < -0.3 is 10.6 Å². The smallest absolute Gasteiger partial charge is 0.262 e. The first-order valence-corrected chi connectivity index (χ1v) is 7.33. The minimum atomic E-state index is -1.10. The number of benzene rings is 1. The molecule has 2 aromatic rings. The lowest BCUT2D eigenvalue weighted by atomic mass is 10.1. The number of carbonyl (C=O) groups is 2. The Morgan fingerprint density at radius 3 is 2.45 bits per heavy atom. The molecule has 1 aromatic heterocycles. The van der Waals surface area contributed by atoms with Crippen LogP contribution in [0.4, 0.5) is 8.78 Å². The Morgan fingerprint density at radius 2 is 1.91 bits per heavy atom. The Labute approximate surface area is 130 Å². The van der Waals surface area contributed by atoms with E-state index in [1.807, 2.05) is 0 Å². The zero-order valence-electron chi connectivity index (χ0n) is 11.9. The number of hydrogen-bond donors (Lipinski definition) is 2. The standard InChI is InChI=1S/C15H14F2N2O2S/c1-8-5-6-22-13(8)15(21)19-12(14(20)18-2)9-3-4-10(16)11(17)7-9/h3-7,12H,1-2H3,(H,18,20)(H,19,21). The maximum absolute atomic E-state index is 13.4. The van der Waals surface area contributed by atoms with Gasteiger partial charge in [0.25, 0.3) is 5.91 Å². The van der Waals surface area contributed by atoms with Crippen LogP contribution in [0.15, 0.2) is 29.6 Å². The minimum absolute atomic E-state index is 0.167. The number of halogens is 2. The van der Waals surface area contributed by atoms with Crippen LogP contribution >= 0.6 is 11.3 Å². The van der Waals surface area contributed by atoms with Crippen LogP contribution in [0.1, 0.15) is 26.8 Å². The molecular formula is C15H14F2N2O2S. The topological polar surface area (TPSA) is 58.2 Å². The molecule has 2 amide bonds. The van der Waals surface area contributed by atoms with Crippen LogP contribution in [0.2, 0.25) is 0 Å². The Hall–Kier alpha value is -2.28. The molecule has 1 heterocycles.